The summed E-state index contributed by atoms with van der Waals surface area (Å²) in [6.45, 7) is 2.95. The van der Waals surface area contributed by atoms with E-state index in [2.05, 4.69) is 16.0 Å². The van der Waals surface area contributed by atoms with Gasteiger partial charge in [-0.2, -0.15) is 15.2 Å². The number of benzene rings is 2. The van der Waals surface area contributed by atoms with Crippen molar-refractivity contribution in [3.8, 4) is 29.0 Å². The highest BCUT2D eigenvalue weighted by atomic mass is 35.5. The average molecular weight is 688 g/mol. The minimum absolute atomic E-state index is 0.0440. The maximum atomic E-state index is 17.3. The van der Waals surface area contributed by atoms with Crippen molar-refractivity contribution >= 4 is 60.6 Å². The number of nitriles is 1. The molecule has 0 unspecified atom stereocenters. The number of fused-ring (bicyclic) bond motifs is 2. The number of aromatic nitrogens is 3. The molecule has 1 atom stereocenters. The van der Waals surface area contributed by atoms with Crippen LogP contribution in [-0.4, -0.2) is 34.7 Å². The maximum absolute atomic E-state index is 17.3. The number of nitrogens with zero attached hydrogens (tertiary/aromatic N) is 5. The van der Waals surface area contributed by atoms with E-state index in [4.69, 9.17) is 37.5 Å². The average Bonchev–Trinajstić information content (AvgIpc) is 3.72. The summed E-state index contributed by atoms with van der Waals surface area (Å²) in [7, 11) is 0. The molecule has 3 aliphatic rings. The van der Waals surface area contributed by atoms with Crippen LogP contribution in [0.5, 0.6) is 11.8 Å². The van der Waals surface area contributed by atoms with Gasteiger partial charge in [-0.15, -0.1) is 11.3 Å². The van der Waals surface area contributed by atoms with E-state index in [1.807, 2.05) is 24.0 Å². The maximum Gasteiger partial charge on any atom is 0.319 e. The standard InChI is InChI=1S/C35H32ClF2N7O2S/c1-17(19-7-4-12-42-31(19)40)45-13-14-46-29-25-28(43-34(44-33(25)45)47-16-35-10-2-5-18(35)6-3-11-35)27(38)24(26(29)36)20-8-9-22(37)30-23(20)21(15-39)32(41)48-30/h4,7-9,12,17-18H,2-3,5-6,10-11,13-14,16,41H2,1H3,(H2,40,42)/t17-,18?,35?/m1/s1. The third-order valence-electron chi connectivity index (χ3n) is 10.6. The molecular formula is C35H32ClF2N7O2S. The molecule has 8 rings (SSSR count). The summed E-state index contributed by atoms with van der Waals surface area (Å²) >= 11 is 7.99. The van der Waals surface area contributed by atoms with Crippen molar-refractivity contribution in [2.45, 2.75) is 51.5 Å². The number of halogens is 3. The Morgan fingerprint density at radius 3 is 2.73 bits per heavy atom. The second-order valence-electron chi connectivity index (χ2n) is 13.0. The van der Waals surface area contributed by atoms with Gasteiger partial charge in [-0.25, -0.2) is 13.8 Å². The zero-order valence-corrected chi connectivity index (χ0v) is 27.7. The van der Waals surface area contributed by atoms with E-state index < -0.39 is 11.6 Å². The van der Waals surface area contributed by atoms with E-state index in [0.29, 0.717) is 30.7 Å². The number of rotatable bonds is 6. The van der Waals surface area contributed by atoms with Crippen molar-refractivity contribution in [1.82, 2.24) is 15.0 Å². The first kappa shape index (κ1) is 30.8. The molecule has 0 spiro atoms. The van der Waals surface area contributed by atoms with Crippen LogP contribution in [0.1, 0.15) is 62.6 Å². The SMILES string of the molecule is C[C@H](c1cccnc1N)N1CCOc2c(Cl)c(-c3ccc(F)c4sc(N)c(C#N)c34)c(F)c3nc(OCC45CCCC4CCC5)nc1c23. The highest BCUT2D eigenvalue weighted by Crippen LogP contribution is 2.55. The number of nitrogens with two attached hydrogens (primary N) is 2. The van der Waals surface area contributed by atoms with E-state index in [9.17, 15) is 5.26 Å². The molecule has 2 aliphatic carbocycles. The van der Waals surface area contributed by atoms with Crippen LogP contribution in [0.4, 0.5) is 25.4 Å². The Morgan fingerprint density at radius 1 is 1.19 bits per heavy atom. The molecule has 48 heavy (non-hydrogen) atoms. The lowest BCUT2D eigenvalue weighted by atomic mass is 9.81. The number of ether oxygens (including phenoxy) is 2. The molecule has 2 aromatic carbocycles. The van der Waals surface area contributed by atoms with Gasteiger partial charge in [-0.05, 0) is 56.2 Å². The van der Waals surface area contributed by atoms with Gasteiger partial charge in [0.1, 0.15) is 40.6 Å². The first-order valence-electron chi connectivity index (χ1n) is 16.1. The third-order valence-corrected chi connectivity index (χ3v) is 12.0. The second kappa shape index (κ2) is 11.6. The minimum Gasteiger partial charge on any atom is -0.489 e. The van der Waals surface area contributed by atoms with Crippen LogP contribution >= 0.6 is 22.9 Å². The fraction of sp³-hybridized carbons (Fsp3) is 0.371. The normalized spacial score (nSPS) is 20.8. The topological polar surface area (TPSA) is 136 Å². The number of hydrogen-bond acceptors (Lipinski definition) is 10. The molecule has 2 fully saturated rings. The van der Waals surface area contributed by atoms with Crippen molar-refractivity contribution in [1.29, 1.82) is 5.26 Å². The highest BCUT2D eigenvalue weighted by molar-refractivity contribution is 7.23. The summed E-state index contributed by atoms with van der Waals surface area (Å²) in [4.78, 5) is 15.8. The molecule has 3 aromatic heterocycles. The lowest BCUT2D eigenvalue weighted by Gasteiger charge is -2.31. The number of hydrogen-bond donors (Lipinski definition) is 2. The number of nitrogen functional groups attached to an aromatic ring is 2. The summed E-state index contributed by atoms with van der Waals surface area (Å²) in [5, 5.41) is 10.5. The van der Waals surface area contributed by atoms with Crippen molar-refractivity contribution in [2.75, 3.05) is 36.1 Å². The van der Waals surface area contributed by atoms with Crippen LogP contribution in [-0.2, 0) is 0 Å². The molecule has 0 amide bonds. The van der Waals surface area contributed by atoms with Crippen molar-refractivity contribution in [3.05, 3.63) is 58.2 Å². The fourth-order valence-electron chi connectivity index (χ4n) is 8.23. The Hall–Kier alpha value is -4.47. The van der Waals surface area contributed by atoms with Gasteiger partial charge >= 0.3 is 6.01 Å². The molecule has 1 aliphatic heterocycles. The lowest BCUT2D eigenvalue weighted by Crippen LogP contribution is -2.32. The first-order valence-corrected chi connectivity index (χ1v) is 17.3. The zero-order valence-electron chi connectivity index (χ0n) is 26.2. The van der Waals surface area contributed by atoms with Gasteiger partial charge in [0.05, 0.1) is 39.9 Å². The van der Waals surface area contributed by atoms with Gasteiger partial charge in [-0.3, -0.25) is 0 Å². The van der Waals surface area contributed by atoms with E-state index in [1.165, 1.54) is 25.0 Å². The molecule has 246 valence electrons. The van der Waals surface area contributed by atoms with Gasteiger partial charge in [0, 0.05) is 28.1 Å². The Bertz CT molecular complexity index is 2160. The molecule has 4 N–H and O–H groups in total. The molecule has 2 saturated carbocycles. The molecular weight excluding hydrogens is 656 g/mol. The molecule has 4 heterocycles. The van der Waals surface area contributed by atoms with Crippen molar-refractivity contribution < 1.29 is 18.3 Å². The molecule has 0 radical (unpaired) electrons. The van der Waals surface area contributed by atoms with Gasteiger partial charge in [-0.1, -0.05) is 36.6 Å². The lowest BCUT2D eigenvalue weighted by molar-refractivity contribution is 0.115. The van der Waals surface area contributed by atoms with Gasteiger partial charge in [0.25, 0.3) is 0 Å². The predicted molar refractivity (Wildman–Crippen MR) is 183 cm³/mol. The predicted octanol–water partition coefficient (Wildman–Crippen LogP) is 8.18. The molecule has 5 aromatic rings. The smallest absolute Gasteiger partial charge is 0.319 e. The van der Waals surface area contributed by atoms with Crippen LogP contribution in [0, 0.1) is 34.3 Å². The van der Waals surface area contributed by atoms with Crippen LogP contribution in [0.25, 0.3) is 32.1 Å². The largest absolute Gasteiger partial charge is 0.489 e. The summed E-state index contributed by atoms with van der Waals surface area (Å²) < 4.78 is 45.1. The number of thiophene rings is 1. The summed E-state index contributed by atoms with van der Waals surface area (Å²) in [5.41, 5.74) is 13.4. The minimum atomic E-state index is -0.773. The van der Waals surface area contributed by atoms with E-state index >= 15 is 8.78 Å². The van der Waals surface area contributed by atoms with Gasteiger partial charge in [0.15, 0.2) is 11.6 Å². The number of pyridine rings is 1. The monoisotopic (exact) mass is 687 g/mol. The molecule has 0 saturated heterocycles. The second-order valence-corrected chi connectivity index (χ2v) is 14.4. The Kier molecular flexibility index (Phi) is 7.45. The number of anilines is 3. The van der Waals surface area contributed by atoms with Crippen LogP contribution in [0.2, 0.25) is 5.02 Å². The van der Waals surface area contributed by atoms with Gasteiger partial charge < -0.3 is 25.8 Å². The Labute approximate surface area is 284 Å². The summed E-state index contributed by atoms with van der Waals surface area (Å²) in [5.74, 6) is 0.190. The quantitative estimate of drug-likeness (QED) is 0.181. The fourth-order valence-corrected chi connectivity index (χ4v) is 9.51. The zero-order chi connectivity index (χ0) is 33.3. The Balaban J connectivity index is 1.36. The van der Waals surface area contributed by atoms with E-state index in [0.717, 1.165) is 42.6 Å². The van der Waals surface area contributed by atoms with Crippen molar-refractivity contribution in [2.24, 2.45) is 11.3 Å². The van der Waals surface area contributed by atoms with E-state index in [1.54, 1.807) is 6.20 Å². The molecule has 13 heteroatoms. The third kappa shape index (κ3) is 4.62. The summed E-state index contributed by atoms with van der Waals surface area (Å²) in [6, 6.07) is 8.09. The van der Waals surface area contributed by atoms with Crippen LogP contribution in [0.15, 0.2) is 30.5 Å². The van der Waals surface area contributed by atoms with Crippen LogP contribution < -0.4 is 25.8 Å². The Morgan fingerprint density at radius 2 is 1.98 bits per heavy atom. The summed E-state index contributed by atoms with van der Waals surface area (Å²) in [6.07, 6.45) is 8.49. The van der Waals surface area contributed by atoms with Crippen molar-refractivity contribution in [3.63, 3.8) is 0 Å². The first-order chi connectivity index (χ1) is 23.2. The van der Waals surface area contributed by atoms with Gasteiger partial charge in [0.2, 0.25) is 0 Å². The highest BCUT2D eigenvalue weighted by Gasteiger charge is 2.47. The molecule has 9 nitrogen and oxygen atoms in total. The van der Waals surface area contributed by atoms with E-state index in [-0.39, 0.29) is 77.5 Å². The van der Waals surface area contributed by atoms with Crippen LogP contribution in [0.3, 0.4) is 0 Å². The molecule has 0 bridgehead atoms.